The van der Waals surface area contributed by atoms with Gasteiger partial charge in [-0.3, -0.25) is 0 Å². The number of hydrogen-bond donors (Lipinski definition) is 1. The summed E-state index contributed by atoms with van der Waals surface area (Å²) in [6.45, 7) is 1.67. The molecule has 2 heterocycles. The Morgan fingerprint density at radius 1 is 1.53 bits per heavy atom. The van der Waals surface area contributed by atoms with Crippen molar-refractivity contribution in [2.24, 2.45) is 0 Å². The Hall–Kier alpha value is -0.610. The molecule has 2 aromatic rings. The number of nitrogens with one attached hydrogen (secondary N) is 1. The molecule has 0 aliphatic carbocycles. The second-order valence-corrected chi connectivity index (χ2v) is 5.77. The monoisotopic (exact) mass is 267 g/mol. The van der Waals surface area contributed by atoms with Crippen molar-refractivity contribution >= 4 is 33.0 Å². The maximum atomic E-state index is 6.08. The number of ether oxygens (including phenoxy) is 1. The fourth-order valence-electron chi connectivity index (χ4n) is 2.37. The Balaban J connectivity index is 2.15. The number of benzene rings is 1. The van der Waals surface area contributed by atoms with E-state index in [0.717, 1.165) is 24.6 Å². The third-order valence-corrected chi connectivity index (χ3v) is 4.68. The zero-order valence-electron chi connectivity index (χ0n) is 9.63. The highest BCUT2D eigenvalue weighted by molar-refractivity contribution is 7.19. The molecule has 17 heavy (non-hydrogen) atoms. The zero-order chi connectivity index (χ0) is 11.8. The summed E-state index contributed by atoms with van der Waals surface area (Å²) in [6, 6.07) is 6.14. The molecule has 90 valence electrons. The summed E-state index contributed by atoms with van der Waals surface area (Å²) < 4.78 is 7.13. The Morgan fingerprint density at radius 2 is 2.41 bits per heavy atom. The van der Waals surface area contributed by atoms with Crippen LogP contribution in [0.5, 0.6) is 0 Å². The zero-order valence-corrected chi connectivity index (χ0v) is 11.2. The Kier molecular flexibility index (Phi) is 3.09. The summed E-state index contributed by atoms with van der Waals surface area (Å²) in [5.41, 5.74) is 1.43. The third kappa shape index (κ3) is 1.97. The minimum atomic E-state index is 0.194. The molecule has 2 nitrogen and oxygen atoms in total. The molecule has 0 saturated carbocycles. The lowest BCUT2D eigenvalue weighted by Gasteiger charge is -2.22. The van der Waals surface area contributed by atoms with Gasteiger partial charge in [0.1, 0.15) is 6.10 Å². The quantitative estimate of drug-likeness (QED) is 0.901. The second-order valence-electron chi connectivity index (χ2n) is 4.25. The van der Waals surface area contributed by atoms with Crippen molar-refractivity contribution in [3.63, 3.8) is 0 Å². The smallest absolute Gasteiger partial charge is 0.104 e. The maximum absolute atomic E-state index is 6.08. The first-order valence-electron chi connectivity index (χ1n) is 5.76. The van der Waals surface area contributed by atoms with Crippen molar-refractivity contribution < 1.29 is 4.74 Å². The van der Waals surface area contributed by atoms with Gasteiger partial charge in [-0.15, -0.1) is 11.3 Å². The van der Waals surface area contributed by atoms with Crippen LogP contribution in [-0.2, 0) is 11.2 Å². The number of rotatable bonds is 2. The first-order chi connectivity index (χ1) is 8.29. The van der Waals surface area contributed by atoms with Crippen molar-refractivity contribution in [1.82, 2.24) is 5.32 Å². The highest BCUT2D eigenvalue weighted by atomic mass is 35.5. The van der Waals surface area contributed by atoms with Gasteiger partial charge in [0.25, 0.3) is 0 Å². The molecule has 4 heteroatoms. The Bertz CT molecular complexity index is 552. The van der Waals surface area contributed by atoms with Crippen molar-refractivity contribution in [2.45, 2.75) is 12.5 Å². The Labute approximate surface area is 110 Å². The van der Waals surface area contributed by atoms with Crippen LogP contribution >= 0.6 is 22.9 Å². The van der Waals surface area contributed by atoms with Crippen LogP contribution in [-0.4, -0.2) is 20.2 Å². The van der Waals surface area contributed by atoms with E-state index in [1.54, 1.807) is 0 Å². The van der Waals surface area contributed by atoms with Gasteiger partial charge in [-0.2, -0.15) is 0 Å². The number of fused-ring (bicyclic) bond motifs is 3. The average molecular weight is 268 g/mol. The molecule has 0 radical (unpaired) electrons. The van der Waals surface area contributed by atoms with E-state index in [4.69, 9.17) is 16.3 Å². The van der Waals surface area contributed by atoms with Crippen LogP contribution in [0.15, 0.2) is 18.2 Å². The standard InChI is InChI=1S/C13H14ClNOS/c1-15-7-11-13-9(4-5-16-11)10-6-8(14)2-3-12(10)17-13/h2-3,6,11,15H,4-5,7H2,1H3. The van der Waals surface area contributed by atoms with E-state index in [-0.39, 0.29) is 6.10 Å². The molecule has 1 N–H and O–H groups in total. The minimum absolute atomic E-state index is 0.194. The molecule has 1 unspecified atom stereocenters. The van der Waals surface area contributed by atoms with Crippen LogP contribution in [0.25, 0.3) is 10.1 Å². The molecule has 1 aliphatic heterocycles. The number of hydrogen-bond acceptors (Lipinski definition) is 3. The SMILES string of the molecule is CNCC1OCCc2c1sc1ccc(Cl)cc21. The predicted molar refractivity (Wildman–Crippen MR) is 73.2 cm³/mol. The van der Waals surface area contributed by atoms with Gasteiger partial charge in [0.15, 0.2) is 0 Å². The Morgan fingerprint density at radius 3 is 3.24 bits per heavy atom. The van der Waals surface area contributed by atoms with E-state index in [0.29, 0.717) is 0 Å². The molecular formula is C13H14ClNOS. The lowest BCUT2D eigenvalue weighted by Crippen LogP contribution is -2.23. The van der Waals surface area contributed by atoms with E-state index in [1.165, 1.54) is 20.5 Å². The largest absolute Gasteiger partial charge is 0.371 e. The van der Waals surface area contributed by atoms with Gasteiger partial charge >= 0.3 is 0 Å². The number of halogens is 1. The highest BCUT2D eigenvalue weighted by Gasteiger charge is 2.24. The van der Waals surface area contributed by atoms with E-state index < -0.39 is 0 Å². The molecule has 1 aromatic carbocycles. The summed E-state index contributed by atoms with van der Waals surface area (Å²) in [5, 5.41) is 5.31. The van der Waals surface area contributed by atoms with Crippen molar-refractivity contribution in [3.8, 4) is 0 Å². The summed E-state index contributed by atoms with van der Waals surface area (Å²) >= 11 is 7.91. The number of thiophene rings is 1. The lowest BCUT2D eigenvalue weighted by molar-refractivity contribution is 0.0472. The van der Waals surface area contributed by atoms with Crippen LogP contribution in [0.1, 0.15) is 16.5 Å². The van der Waals surface area contributed by atoms with Crippen LogP contribution in [0, 0.1) is 0 Å². The fourth-order valence-corrected chi connectivity index (χ4v) is 3.83. The van der Waals surface area contributed by atoms with Gasteiger partial charge in [0.2, 0.25) is 0 Å². The average Bonchev–Trinajstić information content (AvgIpc) is 2.69. The molecule has 1 aromatic heterocycles. The van der Waals surface area contributed by atoms with E-state index in [9.17, 15) is 0 Å². The van der Waals surface area contributed by atoms with Gasteiger partial charge in [-0.1, -0.05) is 11.6 Å². The van der Waals surface area contributed by atoms with Crippen LogP contribution in [0.3, 0.4) is 0 Å². The molecule has 0 fully saturated rings. The van der Waals surface area contributed by atoms with Crippen molar-refractivity contribution in [2.75, 3.05) is 20.2 Å². The topological polar surface area (TPSA) is 21.3 Å². The van der Waals surface area contributed by atoms with Crippen LogP contribution in [0.2, 0.25) is 5.02 Å². The van der Waals surface area contributed by atoms with E-state index in [2.05, 4.69) is 17.4 Å². The van der Waals surface area contributed by atoms with Gasteiger partial charge in [0.05, 0.1) is 6.61 Å². The first kappa shape index (κ1) is 11.5. The first-order valence-corrected chi connectivity index (χ1v) is 6.96. The molecule has 3 rings (SSSR count). The molecule has 1 atom stereocenters. The van der Waals surface area contributed by atoms with Gasteiger partial charge in [0, 0.05) is 21.1 Å². The molecule has 0 amide bonds. The van der Waals surface area contributed by atoms with Gasteiger partial charge < -0.3 is 10.1 Å². The molecule has 0 spiro atoms. The number of likely N-dealkylation sites (N-methyl/N-ethyl adjacent to an activating group) is 1. The molecule has 1 aliphatic rings. The van der Waals surface area contributed by atoms with E-state index in [1.807, 2.05) is 24.5 Å². The maximum Gasteiger partial charge on any atom is 0.104 e. The van der Waals surface area contributed by atoms with Gasteiger partial charge in [-0.25, -0.2) is 0 Å². The van der Waals surface area contributed by atoms with Crippen molar-refractivity contribution in [3.05, 3.63) is 33.7 Å². The normalized spacial score (nSPS) is 19.5. The summed E-state index contributed by atoms with van der Waals surface area (Å²) in [7, 11) is 1.96. The minimum Gasteiger partial charge on any atom is -0.371 e. The summed E-state index contributed by atoms with van der Waals surface area (Å²) in [5.74, 6) is 0. The second kappa shape index (κ2) is 4.58. The molecule has 0 bridgehead atoms. The van der Waals surface area contributed by atoms with Crippen molar-refractivity contribution in [1.29, 1.82) is 0 Å². The molecular weight excluding hydrogens is 254 g/mol. The lowest BCUT2D eigenvalue weighted by atomic mass is 10.0. The van der Waals surface area contributed by atoms with Crippen LogP contribution < -0.4 is 5.32 Å². The van der Waals surface area contributed by atoms with E-state index >= 15 is 0 Å². The van der Waals surface area contributed by atoms with Gasteiger partial charge in [-0.05, 0) is 42.6 Å². The highest BCUT2D eigenvalue weighted by Crippen LogP contribution is 2.40. The predicted octanol–water partition coefficient (Wildman–Crippen LogP) is 3.39. The third-order valence-electron chi connectivity index (χ3n) is 3.14. The summed E-state index contributed by atoms with van der Waals surface area (Å²) in [4.78, 5) is 1.36. The fraction of sp³-hybridized carbons (Fsp3) is 0.385. The molecule has 0 saturated heterocycles. The van der Waals surface area contributed by atoms with Crippen LogP contribution in [0.4, 0.5) is 0 Å². The summed E-state index contributed by atoms with van der Waals surface area (Å²) in [6.07, 6.45) is 1.19.